The Kier molecular flexibility index (Phi) is 5.38. The number of fused-ring (bicyclic) bond motifs is 1. The molecule has 0 radical (unpaired) electrons. The number of aliphatic imine (C=N–C) groups is 1. The molecule has 1 saturated heterocycles. The first kappa shape index (κ1) is 19.6. The second kappa shape index (κ2) is 7.96. The monoisotopic (exact) mass is 424 g/mol. The van der Waals surface area contributed by atoms with E-state index in [9.17, 15) is 9.59 Å². The van der Waals surface area contributed by atoms with Gasteiger partial charge in [-0.15, -0.1) is 11.3 Å². The van der Waals surface area contributed by atoms with E-state index in [4.69, 9.17) is 0 Å². The molecule has 3 aromatic rings. The first-order valence-corrected chi connectivity index (χ1v) is 10.8. The number of thioether (sulfide) groups is 1. The van der Waals surface area contributed by atoms with Gasteiger partial charge in [-0.3, -0.25) is 19.5 Å². The Labute approximate surface area is 177 Å². The SMILES string of the molecule is CN=C1SC(CC(=O)Nc2ccc(-c3nc4ccc(C)cc4s3)cc2)C(=O)N1C. The van der Waals surface area contributed by atoms with Crippen molar-refractivity contribution < 1.29 is 9.59 Å². The molecule has 1 unspecified atom stereocenters. The fraction of sp³-hybridized carbons (Fsp3) is 0.238. The number of amidine groups is 1. The molecule has 4 rings (SSSR count). The van der Waals surface area contributed by atoms with Crippen molar-refractivity contribution in [3.05, 3.63) is 48.0 Å². The first-order chi connectivity index (χ1) is 13.9. The molecule has 1 fully saturated rings. The minimum absolute atomic E-state index is 0.0906. The minimum Gasteiger partial charge on any atom is -0.326 e. The average molecular weight is 425 g/mol. The van der Waals surface area contributed by atoms with Gasteiger partial charge < -0.3 is 5.32 Å². The summed E-state index contributed by atoms with van der Waals surface area (Å²) in [5, 5.41) is 4.03. The summed E-state index contributed by atoms with van der Waals surface area (Å²) >= 11 is 2.98. The van der Waals surface area contributed by atoms with Gasteiger partial charge in [0.25, 0.3) is 0 Å². The number of hydrogen-bond donors (Lipinski definition) is 1. The molecule has 0 bridgehead atoms. The maximum atomic E-state index is 12.4. The van der Waals surface area contributed by atoms with Crippen molar-refractivity contribution in [2.24, 2.45) is 4.99 Å². The fourth-order valence-electron chi connectivity index (χ4n) is 3.13. The minimum atomic E-state index is -0.427. The third kappa shape index (κ3) is 4.04. The van der Waals surface area contributed by atoms with Crippen molar-refractivity contribution >= 4 is 56.0 Å². The average Bonchev–Trinajstić information content (AvgIpc) is 3.24. The summed E-state index contributed by atoms with van der Waals surface area (Å²) in [4.78, 5) is 34.8. The maximum Gasteiger partial charge on any atom is 0.242 e. The standard InChI is InChI=1S/C21H20N4O2S2/c1-12-4-9-15-16(10-12)28-19(24-15)13-5-7-14(8-6-13)23-18(26)11-17-20(27)25(3)21(22-2)29-17/h4-10,17H,11H2,1-3H3,(H,23,26). The number of aryl methyl sites for hydroxylation is 1. The van der Waals surface area contributed by atoms with Crippen molar-refractivity contribution in [3.8, 4) is 10.6 Å². The molecule has 148 valence electrons. The van der Waals surface area contributed by atoms with Gasteiger partial charge in [0.05, 0.1) is 10.2 Å². The molecule has 2 aromatic carbocycles. The topological polar surface area (TPSA) is 74.7 Å². The molecule has 1 aliphatic heterocycles. The Morgan fingerprint density at radius 2 is 2.00 bits per heavy atom. The highest BCUT2D eigenvalue weighted by Gasteiger charge is 2.36. The molecular weight excluding hydrogens is 404 g/mol. The van der Waals surface area contributed by atoms with Crippen LogP contribution in [0.15, 0.2) is 47.5 Å². The predicted octanol–water partition coefficient (Wildman–Crippen LogP) is 4.16. The van der Waals surface area contributed by atoms with Crippen LogP contribution in [0.1, 0.15) is 12.0 Å². The Bertz CT molecular complexity index is 1120. The Hall–Kier alpha value is -2.71. The second-order valence-electron chi connectivity index (χ2n) is 6.83. The van der Waals surface area contributed by atoms with Crippen LogP contribution in [0.4, 0.5) is 5.69 Å². The van der Waals surface area contributed by atoms with Gasteiger partial charge in [-0.1, -0.05) is 17.8 Å². The summed E-state index contributed by atoms with van der Waals surface area (Å²) in [5.74, 6) is -0.281. The van der Waals surface area contributed by atoms with Gasteiger partial charge in [0.1, 0.15) is 10.3 Å². The number of carbonyl (C=O) groups excluding carboxylic acids is 2. The van der Waals surface area contributed by atoms with E-state index in [2.05, 4.69) is 34.3 Å². The van der Waals surface area contributed by atoms with Gasteiger partial charge >= 0.3 is 0 Å². The second-order valence-corrected chi connectivity index (χ2v) is 9.03. The fourth-order valence-corrected chi connectivity index (χ4v) is 5.30. The highest BCUT2D eigenvalue weighted by molar-refractivity contribution is 8.15. The normalized spacial score (nSPS) is 18.0. The maximum absolute atomic E-state index is 12.4. The van der Waals surface area contributed by atoms with Crippen LogP contribution < -0.4 is 5.32 Å². The van der Waals surface area contributed by atoms with Crippen LogP contribution in [-0.2, 0) is 9.59 Å². The molecule has 1 N–H and O–H groups in total. The van der Waals surface area contributed by atoms with E-state index in [-0.39, 0.29) is 18.2 Å². The van der Waals surface area contributed by atoms with Crippen molar-refractivity contribution in [2.45, 2.75) is 18.6 Å². The largest absolute Gasteiger partial charge is 0.326 e. The first-order valence-electron chi connectivity index (χ1n) is 9.13. The molecule has 0 saturated carbocycles. The number of amides is 2. The Morgan fingerprint density at radius 3 is 2.69 bits per heavy atom. The van der Waals surface area contributed by atoms with Gasteiger partial charge in [-0.25, -0.2) is 4.98 Å². The van der Waals surface area contributed by atoms with Crippen molar-refractivity contribution in [1.82, 2.24) is 9.88 Å². The highest BCUT2D eigenvalue weighted by Crippen LogP contribution is 2.32. The predicted molar refractivity (Wildman–Crippen MR) is 121 cm³/mol. The number of aromatic nitrogens is 1. The third-order valence-electron chi connectivity index (χ3n) is 4.66. The Balaban J connectivity index is 1.42. The lowest BCUT2D eigenvalue weighted by Gasteiger charge is -2.09. The highest BCUT2D eigenvalue weighted by atomic mass is 32.2. The molecule has 2 amide bonds. The lowest BCUT2D eigenvalue weighted by molar-refractivity contribution is -0.127. The molecule has 0 aliphatic carbocycles. The number of hydrogen-bond acceptors (Lipinski definition) is 6. The number of thiazole rings is 1. The van der Waals surface area contributed by atoms with E-state index in [1.807, 2.05) is 30.3 Å². The molecule has 1 aromatic heterocycles. The van der Waals surface area contributed by atoms with E-state index in [1.54, 1.807) is 25.4 Å². The van der Waals surface area contributed by atoms with Crippen LogP contribution in [0.5, 0.6) is 0 Å². The van der Waals surface area contributed by atoms with Crippen molar-refractivity contribution in [2.75, 3.05) is 19.4 Å². The summed E-state index contributed by atoms with van der Waals surface area (Å²) in [6.07, 6.45) is 0.117. The molecule has 29 heavy (non-hydrogen) atoms. The van der Waals surface area contributed by atoms with Crippen LogP contribution in [0.2, 0.25) is 0 Å². The molecule has 8 heteroatoms. The van der Waals surface area contributed by atoms with Crippen molar-refractivity contribution in [3.63, 3.8) is 0 Å². The van der Waals surface area contributed by atoms with Gasteiger partial charge in [-0.2, -0.15) is 0 Å². The lowest BCUT2D eigenvalue weighted by atomic mass is 10.2. The summed E-state index contributed by atoms with van der Waals surface area (Å²) in [6.45, 7) is 2.07. The third-order valence-corrected chi connectivity index (χ3v) is 7.05. The van der Waals surface area contributed by atoms with Crippen LogP contribution in [0.3, 0.4) is 0 Å². The van der Waals surface area contributed by atoms with Gasteiger partial charge in [0, 0.05) is 31.8 Å². The number of benzene rings is 2. The van der Waals surface area contributed by atoms with Gasteiger partial charge in [-0.05, 0) is 48.9 Å². The molecule has 0 spiro atoms. The van der Waals surface area contributed by atoms with E-state index < -0.39 is 5.25 Å². The zero-order valence-electron chi connectivity index (χ0n) is 16.3. The quantitative estimate of drug-likeness (QED) is 0.682. The van der Waals surface area contributed by atoms with Gasteiger partial charge in [0.2, 0.25) is 11.8 Å². The molecule has 1 aliphatic rings. The summed E-state index contributed by atoms with van der Waals surface area (Å²) in [6, 6.07) is 13.9. The summed E-state index contributed by atoms with van der Waals surface area (Å²) in [7, 11) is 3.32. The lowest BCUT2D eigenvalue weighted by Crippen LogP contribution is -2.30. The summed E-state index contributed by atoms with van der Waals surface area (Å²) in [5.41, 5.74) is 3.91. The molecular formula is C21H20N4O2S2. The van der Waals surface area contributed by atoms with Crippen LogP contribution >= 0.6 is 23.1 Å². The van der Waals surface area contributed by atoms with E-state index >= 15 is 0 Å². The number of carbonyl (C=O) groups is 2. The van der Waals surface area contributed by atoms with E-state index in [0.717, 1.165) is 20.8 Å². The van der Waals surface area contributed by atoms with Crippen LogP contribution in [-0.4, -0.2) is 46.2 Å². The smallest absolute Gasteiger partial charge is 0.242 e. The van der Waals surface area contributed by atoms with E-state index in [1.165, 1.54) is 22.2 Å². The van der Waals surface area contributed by atoms with E-state index in [0.29, 0.717) is 10.9 Å². The van der Waals surface area contributed by atoms with Crippen LogP contribution in [0.25, 0.3) is 20.8 Å². The Morgan fingerprint density at radius 1 is 1.24 bits per heavy atom. The molecule has 1 atom stereocenters. The van der Waals surface area contributed by atoms with Crippen LogP contribution in [0, 0.1) is 6.92 Å². The zero-order chi connectivity index (χ0) is 20.5. The number of anilines is 1. The summed E-state index contributed by atoms with van der Waals surface area (Å²) < 4.78 is 1.16. The van der Waals surface area contributed by atoms with Crippen molar-refractivity contribution in [1.29, 1.82) is 0 Å². The van der Waals surface area contributed by atoms with Gasteiger partial charge in [0.15, 0.2) is 5.17 Å². The molecule has 2 heterocycles. The zero-order valence-corrected chi connectivity index (χ0v) is 17.9. The molecule has 6 nitrogen and oxygen atoms in total. The number of nitrogens with zero attached hydrogens (tertiary/aromatic N) is 3. The number of nitrogens with one attached hydrogen (secondary N) is 1. The number of rotatable bonds is 4.